The fraction of sp³-hybridized carbons (Fsp3) is 0. The van der Waals surface area contributed by atoms with Crippen LogP contribution in [0.15, 0.2) is 45.3 Å². The minimum Gasteiger partial charge on any atom is -0.398 e. The number of carbonyl (C=O) groups excluding carboxylic acids is 1. The first-order chi connectivity index (χ1) is 8.50. The number of ketones is 1. The van der Waals surface area contributed by atoms with Crippen molar-refractivity contribution in [3.05, 3.63) is 62.3 Å². The van der Waals surface area contributed by atoms with Gasteiger partial charge in [0.05, 0.1) is 5.56 Å². The highest BCUT2D eigenvalue weighted by Crippen LogP contribution is 2.26. The maximum atomic E-state index is 13.7. The monoisotopic (exact) mass is 371 g/mol. The van der Waals surface area contributed by atoms with Gasteiger partial charge in [0, 0.05) is 20.2 Å². The Labute approximate surface area is 120 Å². The fourth-order valence-corrected chi connectivity index (χ4v) is 2.43. The molecule has 92 valence electrons. The van der Waals surface area contributed by atoms with Crippen LogP contribution >= 0.6 is 31.9 Å². The standard InChI is InChI=1S/C13H8Br2FNO/c14-8-2-1-3-10(16)12(8)13(18)7-4-5-11(17)9(15)6-7/h1-6H,17H2. The van der Waals surface area contributed by atoms with Crippen molar-refractivity contribution in [3.8, 4) is 0 Å². The molecule has 2 aromatic carbocycles. The van der Waals surface area contributed by atoms with E-state index in [-0.39, 0.29) is 11.3 Å². The average molecular weight is 373 g/mol. The van der Waals surface area contributed by atoms with Gasteiger partial charge in [0.15, 0.2) is 5.78 Å². The Hall–Kier alpha value is -1.20. The summed E-state index contributed by atoms with van der Waals surface area (Å²) < 4.78 is 14.7. The fourth-order valence-electron chi connectivity index (χ4n) is 1.53. The molecule has 0 atom stereocenters. The first-order valence-electron chi connectivity index (χ1n) is 5.04. The topological polar surface area (TPSA) is 43.1 Å². The molecule has 18 heavy (non-hydrogen) atoms. The van der Waals surface area contributed by atoms with E-state index in [1.165, 1.54) is 12.1 Å². The molecule has 0 aliphatic heterocycles. The summed E-state index contributed by atoms with van der Waals surface area (Å²) in [6.07, 6.45) is 0. The number of nitrogen functional groups attached to an aromatic ring is 1. The van der Waals surface area contributed by atoms with Crippen LogP contribution in [0.2, 0.25) is 0 Å². The van der Waals surface area contributed by atoms with E-state index in [1.54, 1.807) is 24.3 Å². The lowest BCUT2D eigenvalue weighted by molar-refractivity contribution is 0.103. The second kappa shape index (κ2) is 5.20. The van der Waals surface area contributed by atoms with Crippen molar-refractivity contribution in [1.82, 2.24) is 0 Å². The van der Waals surface area contributed by atoms with E-state index in [4.69, 9.17) is 5.73 Å². The van der Waals surface area contributed by atoms with E-state index < -0.39 is 5.82 Å². The molecule has 0 fully saturated rings. The van der Waals surface area contributed by atoms with Crippen molar-refractivity contribution in [2.45, 2.75) is 0 Å². The van der Waals surface area contributed by atoms with Gasteiger partial charge in [-0.3, -0.25) is 4.79 Å². The van der Waals surface area contributed by atoms with Gasteiger partial charge in [-0.05, 0) is 62.2 Å². The Morgan fingerprint density at radius 3 is 2.44 bits per heavy atom. The van der Waals surface area contributed by atoms with Gasteiger partial charge in [0.25, 0.3) is 0 Å². The van der Waals surface area contributed by atoms with Crippen molar-refractivity contribution in [1.29, 1.82) is 0 Å². The minimum absolute atomic E-state index is 0.0224. The zero-order valence-electron chi connectivity index (χ0n) is 9.08. The zero-order chi connectivity index (χ0) is 13.3. The molecule has 2 rings (SSSR count). The maximum absolute atomic E-state index is 13.7. The number of carbonyl (C=O) groups is 1. The van der Waals surface area contributed by atoms with Crippen molar-refractivity contribution in [3.63, 3.8) is 0 Å². The minimum atomic E-state index is -0.553. The second-order valence-corrected chi connectivity index (χ2v) is 5.37. The number of hydrogen-bond donors (Lipinski definition) is 1. The quantitative estimate of drug-likeness (QED) is 0.635. The Bertz CT molecular complexity index is 608. The molecule has 0 radical (unpaired) electrons. The number of anilines is 1. The summed E-state index contributed by atoms with van der Waals surface area (Å²) >= 11 is 6.42. The number of hydrogen-bond acceptors (Lipinski definition) is 2. The Kier molecular flexibility index (Phi) is 3.82. The summed E-state index contributed by atoms with van der Waals surface area (Å²) in [6.45, 7) is 0. The third kappa shape index (κ3) is 2.47. The SMILES string of the molecule is Nc1ccc(C(=O)c2c(F)cccc2Br)cc1Br. The van der Waals surface area contributed by atoms with Gasteiger partial charge in [0.1, 0.15) is 5.82 Å². The van der Waals surface area contributed by atoms with Gasteiger partial charge in [-0.25, -0.2) is 4.39 Å². The predicted octanol–water partition coefficient (Wildman–Crippen LogP) is 4.16. The lowest BCUT2D eigenvalue weighted by Gasteiger charge is -2.06. The smallest absolute Gasteiger partial charge is 0.197 e. The van der Waals surface area contributed by atoms with Crippen molar-refractivity contribution in [2.75, 3.05) is 5.73 Å². The molecule has 2 N–H and O–H groups in total. The molecule has 2 nitrogen and oxygen atoms in total. The molecule has 2 aromatic rings. The first-order valence-corrected chi connectivity index (χ1v) is 6.63. The van der Waals surface area contributed by atoms with Crippen LogP contribution in [0.3, 0.4) is 0 Å². The third-order valence-electron chi connectivity index (χ3n) is 2.45. The molecule has 0 amide bonds. The summed E-state index contributed by atoms with van der Waals surface area (Å²) in [5, 5.41) is 0. The van der Waals surface area contributed by atoms with Gasteiger partial charge < -0.3 is 5.73 Å². The van der Waals surface area contributed by atoms with E-state index in [9.17, 15) is 9.18 Å². The molecule has 0 saturated heterocycles. The molecule has 0 aromatic heterocycles. The van der Waals surface area contributed by atoms with E-state index in [1.807, 2.05) is 0 Å². The zero-order valence-corrected chi connectivity index (χ0v) is 12.3. The van der Waals surface area contributed by atoms with Crippen LogP contribution in [0, 0.1) is 5.82 Å². The van der Waals surface area contributed by atoms with E-state index >= 15 is 0 Å². The number of rotatable bonds is 2. The largest absolute Gasteiger partial charge is 0.398 e. The summed E-state index contributed by atoms with van der Waals surface area (Å²) in [5.41, 5.74) is 6.57. The molecule has 0 bridgehead atoms. The molecule has 0 heterocycles. The summed E-state index contributed by atoms with van der Waals surface area (Å²) in [5.74, 6) is -0.942. The molecule has 0 saturated carbocycles. The molecule has 0 unspecified atom stereocenters. The summed E-state index contributed by atoms with van der Waals surface area (Å²) in [6, 6.07) is 9.17. The second-order valence-electron chi connectivity index (χ2n) is 3.66. The van der Waals surface area contributed by atoms with Crippen LogP contribution in [0.25, 0.3) is 0 Å². The van der Waals surface area contributed by atoms with Crippen LogP contribution in [0.4, 0.5) is 10.1 Å². The van der Waals surface area contributed by atoms with Gasteiger partial charge >= 0.3 is 0 Å². The number of halogens is 3. The average Bonchev–Trinajstić information content (AvgIpc) is 2.32. The molecule has 0 spiro atoms. The maximum Gasteiger partial charge on any atom is 0.197 e. The highest BCUT2D eigenvalue weighted by Gasteiger charge is 2.17. The highest BCUT2D eigenvalue weighted by molar-refractivity contribution is 9.11. The Balaban J connectivity index is 2.51. The molecule has 0 aliphatic rings. The van der Waals surface area contributed by atoms with E-state index in [0.717, 1.165) is 0 Å². The van der Waals surface area contributed by atoms with Gasteiger partial charge in [-0.15, -0.1) is 0 Å². The molecular formula is C13H8Br2FNO. The normalized spacial score (nSPS) is 10.4. The summed E-state index contributed by atoms with van der Waals surface area (Å²) in [4.78, 5) is 12.2. The Morgan fingerprint density at radius 1 is 1.11 bits per heavy atom. The number of nitrogens with two attached hydrogens (primary N) is 1. The summed E-state index contributed by atoms with van der Waals surface area (Å²) in [7, 11) is 0. The first kappa shape index (κ1) is 13.2. The van der Waals surface area contributed by atoms with E-state index in [0.29, 0.717) is 20.2 Å². The third-order valence-corrected chi connectivity index (χ3v) is 3.80. The van der Waals surface area contributed by atoms with Crippen LogP contribution < -0.4 is 5.73 Å². The van der Waals surface area contributed by atoms with Crippen LogP contribution in [0.1, 0.15) is 15.9 Å². The molecule has 5 heteroatoms. The lowest BCUT2D eigenvalue weighted by atomic mass is 10.0. The van der Waals surface area contributed by atoms with Gasteiger partial charge in [-0.1, -0.05) is 6.07 Å². The molecule has 0 aliphatic carbocycles. The number of benzene rings is 2. The van der Waals surface area contributed by atoms with Crippen molar-refractivity contribution < 1.29 is 9.18 Å². The van der Waals surface area contributed by atoms with Gasteiger partial charge in [-0.2, -0.15) is 0 Å². The lowest BCUT2D eigenvalue weighted by Crippen LogP contribution is -2.06. The highest BCUT2D eigenvalue weighted by atomic mass is 79.9. The van der Waals surface area contributed by atoms with Gasteiger partial charge in [0.2, 0.25) is 0 Å². The Morgan fingerprint density at radius 2 is 1.83 bits per heavy atom. The van der Waals surface area contributed by atoms with Crippen LogP contribution in [0.5, 0.6) is 0 Å². The van der Waals surface area contributed by atoms with Crippen molar-refractivity contribution >= 4 is 43.3 Å². The van der Waals surface area contributed by atoms with E-state index in [2.05, 4.69) is 31.9 Å². The van der Waals surface area contributed by atoms with Crippen LogP contribution in [-0.4, -0.2) is 5.78 Å². The molecular weight excluding hydrogens is 365 g/mol. The van der Waals surface area contributed by atoms with Crippen LogP contribution in [-0.2, 0) is 0 Å². The van der Waals surface area contributed by atoms with Crippen molar-refractivity contribution in [2.24, 2.45) is 0 Å². The predicted molar refractivity (Wildman–Crippen MR) is 76.1 cm³/mol.